The first-order valence-corrected chi connectivity index (χ1v) is 6.66. The van der Waals surface area contributed by atoms with Gasteiger partial charge in [0.05, 0.1) is 12.0 Å². The number of carbonyl (C=O) groups is 1. The zero-order chi connectivity index (χ0) is 13.9. The van der Waals surface area contributed by atoms with Gasteiger partial charge in [0, 0.05) is 18.7 Å². The molecule has 0 amide bonds. The lowest BCUT2D eigenvalue weighted by Gasteiger charge is -2.42. The number of hydrogen-bond acceptors (Lipinski definition) is 2. The molecule has 1 aliphatic heterocycles. The van der Waals surface area contributed by atoms with Crippen LogP contribution in [0.2, 0.25) is 0 Å². The lowest BCUT2D eigenvalue weighted by atomic mass is 9.90. The van der Waals surface area contributed by atoms with E-state index in [1.165, 1.54) is 0 Å². The van der Waals surface area contributed by atoms with E-state index >= 15 is 0 Å². The van der Waals surface area contributed by atoms with E-state index in [1.54, 1.807) is 0 Å². The van der Waals surface area contributed by atoms with Crippen molar-refractivity contribution in [2.75, 3.05) is 13.1 Å². The van der Waals surface area contributed by atoms with E-state index in [2.05, 4.69) is 28.5 Å². The summed E-state index contributed by atoms with van der Waals surface area (Å²) in [6.45, 7) is 1.16. The summed E-state index contributed by atoms with van der Waals surface area (Å²) >= 11 is 0. The zero-order valence-electron chi connectivity index (χ0n) is 11.0. The smallest absolute Gasteiger partial charge is 0.309 e. The molecule has 1 fully saturated rings. The highest BCUT2D eigenvalue weighted by Crippen LogP contribution is 2.34. The molecule has 3 rings (SSSR count). The van der Waals surface area contributed by atoms with Crippen molar-refractivity contribution in [2.24, 2.45) is 5.92 Å². The molecule has 0 bridgehead atoms. The van der Waals surface area contributed by atoms with Crippen LogP contribution in [0.5, 0.6) is 0 Å². The van der Waals surface area contributed by atoms with Crippen LogP contribution in [0.25, 0.3) is 0 Å². The molecule has 1 atom stereocenters. The van der Waals surface area contributed by atoms with Gasteiger partial charge in [0.1, 0.15) is 0 Å². The normalized spacial score (nSPS) is 19.5. The maximum Gasteiger partial charge on any atom is 0.309 e. The lowest BCUT2D eigenvalue weighted by Crippen LogP contribution is -2.52. The molecule has 1 aliphatic carbocycles. The van der Waals surface area contributed by atoms with Crippen LogP contribution in [0.15, 0.2) is 65.6 Å². The van der Waals surface area contributed by atoms with Gasteiger partial charge in [-0.1, -0.05) is 47.9 Å². The number of hydrogen-bond donors (Lipinski definition) is 1. The van der Waals surface area contributed by atoms with Crippen molar-refractivity contribution in [1.82, 2.24) is 4.90 Å². The summed E-state index contributed by atoms with van der Waals surface area (Å²) < 4.78 is 0. The van der Waals surface area contributed by atoms with Gasteiger partial charge in [0.2, 0.25) is 0 Å². The molecule has 100 valence electrons. The number of likely N-dealkylation sites (tertiary alicyclic amines) is 1. The second-order valence-electron chi connectivity index (χ2n) is 5.05. The molecule has 1 N–H and O–H groups in total. The average Bonchev–Trinajstić information content (AvgIpc) is 2.43. The van der Waals surface area contributed by atoms with Crippen LogP contribution >= 0.6 is 0 Å². The summed E-state index contributed by atoms with van der Waals surface area (Å²) in [5.74, 6) is -0.967. The Morgan fingerprint density at radius 3 is 2.65 bits per heavy atom. The first kappa shape index (κ1) is 12.7. The molecule has 0 saturated carbocycles. The van der Waals surface area contributed by atoms with Crippen molar-refractivity contribution in [3.63, 3.8) is 0 Å². The van der Waals surface area contributed by atoms with Crippen molar-refractivity contribution in [3.05, 3.63) is 71.2 Å². The average molecular weight is 265 g/mol. The summed E-state index contributed by atoms with van der Waals surface area (Å²) in [6.07, 6.45) is 5.78. The highest BCUT2D eigenvalue weighted by Gasteiger charge is 2.38. The van der Waals surface area contributed by atoms with Crippen LogP contribution in [0.3, 0.4) is 0 Å². The van der Waals surface area contributed by atoms with Crippen LogP contribution in [-0.2, 0) is 4.79 Å². The first-order chi connectivity index (χ1) is 9.75. The minimum absolute atomic E-state index is 0.0595. The van der Waals surface area contributed by atoms with Gasteiger partial charge in [0.15, 0.2) is 0 Å². The van der Waals surface area contributed by atoms with E-state index in [0.717, 1.165) is 11.1 Å². The van der Waals surface area contributed by atoms with Crippen molar-refractivity contribution in [2.45, 2.75) is 6.04 Å². The molecule has 1 aromatic rings. The third kappa shape index (κ3) is 2.38. The van der Waals surface area contributed by atoms with E-state index in [-0.39, 0.29) is 12.0 Å². The lowest BCUT2D eigenvalue weighted by molar-refractivity contribution is -0.148. The molecule has 0 aromatic heterocycles. The Morgan fingerprint density at radius 2 is 2.05 bits per heavy atom. The van der Waals surface area contributed by atoms with Crippen LogP contribution in [0.1, 0.15) is 11.6 Å². The van der Waals surface area contributed by atoms with E-state index in [1.807, 2.05) is 36.4 Å². The molecule has 1 unspecified atom stereocenters. The summed E-state index contributed by atoms with van der Waals surface area (Å²) in [5, 5.41) is 9.03. The molecule has 3 heteroatoms. The Kier molecular flexibility index (Phi) is 3.41. The summed E-state index contributed by atoms with van der Waals surface area (Å²) in [4.78, 5) is 13.2. The molecule has 1 saturated heterocycles. The van der Waals surface area contributed by atoms with Gasteiger partial charge in [0.25, 0.3) is 0 Å². The molecule has 2 aliphatic rings. The standard InChI is InChI=1S/C17H15NO2/c19-17(20)15-11-18(12-15)16(13-7-3-1-4-8-13)14-9-5-2-6-10-14/h1-5,7-9,15-16H,11-12H2,(H,19,20). The third-order valence-corrected chi connectivity index (χ3v) is 3.71. The van der Waals surface area contributed by atoms with Crippen LogP contribution in [0, 0.1) is 5.92 Å². The molecular formula is C17H15NO2. The van der Waals surface area contributed by atoms with E-state index in [0.29, 0.717) is 13.1 Å². The van der Waals surface area contributed by atoms with Gasteiger partial charge in [-0.25, -0.2) is 0 Å². The molecular weight excluding hydrogens is 250 g/mol. The highest BCUT2D eigenvalue weighted by molar-refractivity contribution is 5.71. The van der Waals surface area contributed by atoms with Gasteiger partial charge >= 0.3 is 5.97 Å². The molecule has 1 aromatic carbocycles. The Hall–Kier alpha value is -2.31. The Bertz CT molecular complexity index is 641. The van der Waals surface area contributed by atoms with Crippen LogP contribution in [-0.4, -0.2) is 29.1 Å². The summed E-state index contributed by atoms with van der Waals surface area (Å²) in [6, 6.07) is 10.2. The molecule has 20 heavy (non-hydrogen) atoms. The Morgan fingerprint density at radius 1 is 1.30 bits per heavy atom. The van der Waals surface area contributed by atoms with Crippen LogP contribution in [0.4, 0.5) is 0 Å². The van der Waals surface area contributed by atoms with Gasteiger partial charge < -0.3 is 5.11 Å². The number of allylic oxidation sites excluding steroid dienone is 2. The highest BCUT2D eigenvalue weighted by atomic mass is 16.4. The summed E-state index contributed by atoms with van der Waals surface area (Å²) in [7, 11) is 0. The first-order valence-electron chi connectivity index (χ1n) is 6.66. The van der Waals surface area contributed by atoms with Gasteiger partial charge in [-0.15, -0.1) is 0 Å². The van der Waals surface area contributed by atoms with Crippen molar-refractivity contribution in [1.29, 1.82) is 0 Å². The minimum atomic E-state index is -0.711. The monoisotopic (exact) mass is 265 g/mol. The number of nitrogens with zero attached hydrogens (tertiary/aromatic N) is 1. The largest absolute Gasteiger partial charge is 0.481 e. The Balaban J connectivity index is 1.90. The predicted molar refractivity (Wildman–Crippen MR) is 76.1 cm³/mol. The molecule has 0 spiro atoms. The quantitative estimate of drug-likeness (QED) is 0.851. The fraction of sp³-hybridized carbons (Fsp3) is 0.235. The van der Waals surface area contributed by atoms with Crippen LogP contribution < -0.4 is 0 Å². The number of rotatable bonds is 4. The number of carboxylic acid groups (broad SMARTS) is 1. The summed E-state index contributed by atoms with van der Waals surface area (Å²) in [5.41, 5.74) is 8.32. The Labute approximate surface area is 117 Å². The second kappa shape index (κ2) is 5.36. The topological polar surface area (TPSA) is 40.5 Å². The SMILES string of the molecule is O=C(O)C1CN(C(C2=C=C=CC=C2)c2ccccc2)C1. The fourth-order valence-electron chi connectivity index (χ4n) is 2.63. The van der Waals surface area contributed by atoms with Gasteiger partial charge in [-0.05, 0) is 17.7 Å². The second-order valence-corrected chi connectivity index (χ2v) is 5.05. The minimum Gasteiger partial charge on any atom is -0.481 e. The number of carboxylic acids is 1. The maximum atomic E-state index is 11.0. The van der Waals surface area contributed by atoms with E-state index < -0.39 is 5.97 Å². The van der Waals surface area contributed by atoms with E-state index in [4.69, 9.17) is 5.11 Å². The van der Waals surface area contributed by atoms with Crippen molar-refractivity contribution >= 4 is 5.97 Å². The maximum absolute atomic E-state index is 11.0. The van der Waals surface area contributed by atoms with Crippen molar-refractivity contribution < 1.29 is 9.90 Å². The number of aliphatic carboxylic acids is 1. The molecule has 0 radical (unpaired) electrons. The fourth-order valence-corrected chi connectivity index (χ4v) is 2.63. The number of benzene rings is 1. The van der Waals surface area contributed by atoms with Gasteiger partial charge in [-0.2, -0.15) is 0 Å². The third-order valence-electron chi connectivity index (χ3n) is 3.71. The molecule has 3 nitrogen and oxygen atoms in total. The van der Waals surface area contributed by atoms with Crippen molar-refractivity contribution in [3.8, 4) is 0 Å². The van der Waals surface area contributed by atoms with Gasteiger partial charge in [-0.3, -0.25) is 9.69 Å². The predicted octanol–water partition coefficient (Wildman–Crippen LogP) is 2.55. The zero-order valence-corrected chi connectivity index (χ0v) is 11.0. The molecule has 1 heterocycles. The van der Waals surface area contributed by atoms with E-state index in [9.17, 15) is 4.79 Å².